The van der Waals surface area contributed by atoms with Crippen molar-refractivity contribution in [3.05, 3.63) is 41.0 Å². The zero-order valence-electron chi connectivity index (χ0n) is 8.66. The molecule has 0 atom stereocenters. The Morgan fingerprint density at radius 3 is 2.60 bits per heavy atom. The molecule has 0 aliphatic heterocycles. The fourth-order valence-corrected chi connectivity index (χ4v) is 1.82. The van der Waals surface area contributed by atoms with E-state index in [4.69, 9.17) is 11.6 Å². The van der Waals surface area contributed by atoms with Crippen molar-refractivity contribution in [1.29, 1.82) is 0 Å². The van der Waals surface area contributed by atoms with Crippen LogP contribution in [0.1, 0.15) is 19.4 Å². The standard InChI is InChI=1S/C12H12ClNO/c1-12(2,15)9-4-3-5-10-8(9)6-7-11(13)14-10/h3-7,15H,1-2H3. The summed E-state index contributed by atoms with van der Waals surface area (Å²) in [5, 5.41) is 11.4. The maximum Gasteiger partial charge on any atom is 0.129 e. The van der Waals surface area contributed by atoms with Gasteiger partial charge in [-0.2, -0.15) is 0 Å². The average molecular weight is 222 g/mol. The van der Waals surface area contributed by atoms with Crippen LogP contribution < -0.4 is 0 Å². The van der Waals surface area contributed by atoms with E-state index in [0.29, 0.717) is 5.15 Å². The van der Waals surface area contributed by atoms with E-state index in [1.807, 2.05) is 24.3 Å². The second-order valence-corrected chi connectivity index (χ2v) is 4.45. The fraction of sp³-hybridized carbons (Fsp3) is 0.250. The van der Waals surface area contributed by atoms with Crippen molar-refractivity contribution in [3.63, 3.8) is 0 Å². The van der Waals surface area contributed by atoms with Crippen LogP contribution in [0.2, 0.25) is 5.15 Å². The molecule has 3 heteroatoms. The van der Waals surface area contributed by atoms with Gasteiger partial charge in [-0.05, 0) is 37.6 Å². The maximum absolute atomic E-state index is 10.00. The highest BCUT2D eigenvalue weighted by Crippen LogP contribution is 2.28. The zero-order valence-corrected chi connectivity index (χ0v) is 9.42. The molecule has 0 bridgehead atoms. The Bertz CT molecular complexity index is 502. The molecular formula is C12H12ClNO. The Morgan fingerprint density at radius 1 is 1.20 bits per heavy atom. The third kappa shape index (κ3) is 1.96. The van der Waals surface area contributed by atoms with Crippen LogP contribution in [0.15, 0.2) is 30.3 Å². The van der Waals surface area contributed by atoms with E-state index in [1.54, 1.807) is 19.9 Å². The van der Waals surface area contributed by atoms with Crippen molar-refractivity contribution in [2.24, 2.45) is 0 Å². The fourth-order valence-electron chi connectivity index (χ4n) is 1.66. The Kier molecular flexibility index (Phi) is 2.41. The monoisotopic (exact) mass is 221 g/mol. The van der Waals surface area contributed by atoms with Gasteiger partial charge in [0.15, 0.2) is 0 Å². The van der Waals surface area contributed by atoms with Crippen LogP contribution in [0.25, 0.3) is 10.9 Å². The number of fused-ring (bicyclic) bond motifs is 1. The molecule has 0 amide bonds. The predicted octanol–water partition coefficient (Wildman–Crippen LogP) is 3.12. The van der Waals surface area contributed by atoms with E-state index in [2.05, 4.69) is 4.98 Å². The lowest BCUT2D eigenvalue weighted by atomic mass is 9.94. The second kappa shape index (κ2) is 3.47. The van der Waals surface area contributed by atoms with E-state index in [-0.39, 0.29) is 0 Å². The van der Waals surface area contributed by atoms with Gasteiger partial charge in [-0.15, -0.1) is 0 Å². The first kappa shape index (κ1) is 10.4. The minimum Gasteiger partial charge on any atom is -0.386 e. The third-order valence-electron chi connectivity index (χ3n) is 2.36. The van der Waals surface area contributed by atoms with Crippen LogP contribution in [0, 0.1) is 0 Å². The van der Waals surface area contributed by atoms with Gasteiger partial charge in [-0.3, -0.25) is 0 Å². The molecule has 2 aromatic rings. The number of nitrogens with zero attached hydrogens (tertiary/aromatic N) is 1. The minimum atomic E-state index is -0.866. The first-order chi connectivity index (χ1) is 6.98. The Morgan fingerprint density at radius 2 is 1.93 bits per heavy atom. The molecule has 0 radical (unpaired) electrons. The lowest BCUT2D eigenvalue weighted by Gasteiger charge is -2.19. The van der Waals surface area contributed by atoms with Gasteiger partial charge in [-0.1, -0.05) is 23.7 Å². The number of halogens is 1. The molecule has 1 heterocycles. The topological polar surface area (TPSA) is 33.1 Å². The van der Waals surface area contributed by atoms with Gasteiger partial charge in [-0.25, -0.2) is 4.98 Å². The van der Waals surface area contributed by atoms with Crippen LogP contribution in [-0.2, 0) is 5.60 Å². The molecule has 0 aliphatic carbocycles. The molecular weight excluding hydrogens is 210 g/mol. The summed E-state index contributed by atoms with van der Waals surface area (Å²) in [4.78, 5) is 4.20. The molecule has 0 spiro atoms. The average Bonchev–Trinajstić information content (AvgIpc) is 2.15. The summed E-state index contributed by atoms with van der Waals surface area (Å²) in [5.41, 5.74) is 0.806. The van der Waals surface area contributed by atoms with Gasteiger partial charge in [0.2, 0.25) is 0 Å². The number of pyridine rings is 1. The summed E-state index contributed by atoms with van der Waals surface area (Å²) in [5.74, 6) is 0. The van der Waals surface area contributed by atoms with Gasteiger partial charge < -0.3 is 5.11 Å². The minimum absolute atomic E-state index is 0.468. The zero-order chi connectivity index (χ0) is 11.1. The van der Waals surface area contributed by atoms with Crippen LogP contribution in [-0.4, -0.2) is 10.1 Å². The highest BCUT2D eigenvalue weighted by atomic mass is 35.5. The number of hydrogen-bond donors (Lipinski definition) is 1. The van der Waals surface area contributed by atoms with Crippen LogP contribution in [0.3, 0.4) is 0 Å². The Hall–Kier alpha value is -1.12. The first-order valence-corrected chi connectivity index (χ1v) is 5.14. The van der Waals surface area contributed by atoms with Crippen molar-refractivity contribution in [1.82, 2.24) is 4.98 Å². The van der Waals surface area contributed by atoms with Crippen LogP contribution >= 0.6 is 11.6 Å². The van der Waals surface area contributed by atoms with E-state index >= 15 is 0 Å². The molecule has 2 nitrogen and oxygen atoms in total. The quantitative estimate of drug-likeness (QED) is 0.751. The smallest absolute Gasteiger partial charge is 0.129 e. The number of aliphatic hydroxyl groups is 1. The molecule has 2 rings (SSSR count). The van der Waals surface area contributed by atoms with E-state index in [9.17, 15) is 5.11 Å². The first-order valence-electron chi connectivity index (χ1n) is 4.76. The number of hydrogen-bond acceptors (Lipinski definition) is 2. The lowest BCUT2D eigenvalue weighted by Crippen LogP contribution is -2.15. The van der Waals surface area contributed by atoms with Crippen molar-refractivity contribution in [2.75, 3.05) is 0 Å². The lowest BCUT2D eigenvalue weighted by molar-refractivity contribution is 0.0802. The second-order valence-electron chi connectivity index (χ2n) is 4.07. The molecule has 0 saturated carbocycles. The summed E-state index contributed by atoms with van der Waals surface area (Å²) in [6.45, 7) is 3.52. The molecule has 0 unspecified atom stereocenters. The predicted molar refractivity (Wildman–Crippen MR) is 62.0 cm³/mol. The Labute approximate surface area is 93.5 Å². The molecule has 1 N–H and O–H groups in total. The molecule has 1 aromatic carbocycles. The summed E-state index contributed by atoms with van der Waals surface area (Å²) >= 11 is 5.81. The Balaban J connectivity index is 2.77. The molecule has 0 fully saturated rings. The normalized spacial score (nSPS) is 12.0. The SMILES string of the molecule is CC(C)(O)c1cccc2nc(Cl)ccc12. The maximum atomic E-state index is 10.00. The number of aromatic nitrogens is 1. The van der Waals surface area contributed by atoms with Gasteiger partial charge in [0, 0.05) is 5.39 Å². The molecule has 78 valence electrons. The molecule has 15 heavy (non-hydrogen) atoms. The van der Waals surface area contributed by atoms with Crippen molar-refractivity contribution in [3.8, 4) is 0 Å². The summed E-state index contributed by atoms with van der Waals surface area (Å²) in [6, 6.07) is 9.28. The van der Waals surface area contributed by atoms with Crippen molar-refractivity contribution >= 4 is 22.5 Å². The molecule has 0 aliphatic rings. The van der Waals surface area contributed by atoms with Gasteiger partial charge in [0.1, 0.15) is 5.15 Å². The van der Waals surface area contributed by atoms with E-state index < -0.39 is 5.60 Å². The molecule has 0 saturated heterocycles. The van der Waals surface area contributed by atoms with E-state index in [1.165, 1.54) is 0 Å². The summed E-state index contributed by atoms with van der Waals surface area (Å²) in [7, 11) is 0. The highest BCUT2D eigenvalue weighted by Gasteiger charge is 2.18. The number of rotatable bonds is 1. The summed E-state index contributed by atoms with van der Waals surface area (Å²) in [6.07, 6.45) is 0. The van der Waals surface area contributed by atoms with Crippen molar-refractivity contribution < 1.29 is 5.11 Å². The highest BCUT2D eigenvalue weighted by molar-refractivity contribution is 6.29. The largest absolute Gasteiger partial charge is 0.386 e. The van der Waals surface area contributed by atoms with Crippen LogP contribution in [0.4, 0.5) is 0 Å². The van der Waals surface area contributed by atoms with E-state index in [0.717, 1.165) is 16.5 Å². The number of benzene rings is 1. The van der Waals surface area contributed by atoms with Crippen LogP contribution in [0.5, 0.6) is 0 Å². The van der Waals surface area contributed by atoms with Gasteiger partial charge >= 0.3 is 0 Å². The van der Waals surface area contributed by atoms with Gasteiger partial charge in [0.25, 0.3) is 0 Å². The third-order valence-corrected chi connectivity index (χ3v) is 2.57. The molecule has 1 aromatic heterocycles. The van der Waals surface area contributed by atoms with Gasteiger partial charge in [0.05, 0.1) is 11.1 Å². The van der Waals surface area contributed by atoms with Crippen molar-refractivity contribution in [2.45, 2.75) is 19.4 Å². The summed E-state index contributed by atoms with van der Waals surface area (Å²) < 4.78 is 0.